The van der Waals surface area contributed by atoms with Gasteiger partial charge in [-0.3, -0.25) is 0 Å². The molecule has 3 aromatic carbocycles. The van der Waals surface area contributed by atoms with Gasteiger partial charge < -0.3 is 18.9 Å². The van der Waals surface area contributed by atoms with Gasteiger partial charge in [0, 0.05) is 24.5 Å². The van der Waals surface area contributed by atoms with E-state index in [-0.39, 0.29) is 13.2 Å². The lowest BCUT2D eigenvalue weighted by Crippen LogP contribution is -2.09. The Hall–Kier alpha value is -4.39. The first-order valence-electron chi connectivity index (χ1n) is 11.5. The third kappa shape index (κ3) is 7.84. The Balaban J connectivity index is 1.51. The summed E-state index contributed by atoms with van der Waals surface area (Å²) < 4.78 is 21.2. The summed E-state index contributed by atoms with van der Waals surface area (Å²) in [5.74, 6) is -0.225. The molecule has 0 atom stereocenters. The fraction of sp³-hybridized carbons (Fsp3) is 0.207. The number of ether oxygens (including phenoxy) is 4. The highest BCUT2D eigenvalue weighted by Gasteiger charge is 2.10. The zero-order valence-electron chi connectivity index (χ0n) is 20.2. The lowest BCUT2D eigenvalue weighted by Gasteiger charge is -2.09. The van der Waals surface area contributed by atoms with E-state index in [2.05, 4.69) is 13.2 Å². The van der Waals surface area contributed by atoms with Gasteiger partial charge in [-0.1, -0.05) is 37.4 Å². The van der Waals surface area contributed by atoms with Crippen LogP contribution in [0.2, 0.25) is 0 Å². The second-order valence-corrected chi connectivity index (χ2v) is 8.00. The molecule has 0 aliphatic carbocycles. The van der Waals surface area contributed by atoms with E-state index in [4.69, 9.17) is 18.9 Å². The predicted octanol–water partition coefficient (Wildman–Crippen LogP) is 5.22. The van der Waals surface area contributed by atoms with Crippen LogP contribution >= 0.6 is 0 Å². The van der Waals surface area contributed by atoms with E-state index in [0.717, 1.165) is 22.4 Å². The van der Waals surface area contributed by atoms with Crippen LogP contribution in [-0.4, -0.2) is 37.7 Å². The molecule has 0 N–H and O–H groups in total. The van der Waals surface area contributed by atoms with Crippen LogP contribution in [0.15, 0.2) is 85.5 Å². The maximum absolute atomic E-state index is 12.6. The summed E-state index contributed by atoms with van der Waals surface area (Å²) in [7, 11) is 0. The van der Waals surface area contributed by atoms with Gasteiger partial charge in [-0.15, -0.1) is 0 Å². The molecular formula is C29H28O7. The van der Waals surface area contributed by atoms with Crippen molar-refractivity contribution in [2.45, 2.75) is 19.8 Å². The minimum Gasteiger partial charge on any atom is -0.493 e. The minimum absolute atomic E-state index is 0.249. The molecule has 3 aromatic rings. The second kappa shape index (κ2) is 12.9. The fourth-order valence-corrected chi connectivity index (χ4v) is 3.20. The van der Waals surface area contributed by atoms with Crippen molar-refractivity contribution < 1.29 is 33.3 Å². The molecular weight excluding hydrogens is 460 g/mol. The monoisotopic (exact) mass is 488 g/mol. The maximum atomic E-state index is 12.6. The zero-order valence-corrected chi connectivity index (χ0v) is 20.2. The number of hydrogen-bond acceptors (Lipinski definition) is 7. The van der Waals surface area contributed by atoms with Crippen molar-refractivity contribution in [3.05, 3.63) is 96.6 Å². The van der Waals surface area contributed by atoms with E-state index in [9.17, 15) is 14.4 Å². The van der Waals surface area contributed by atoms with Gasteiger partial charge in [0.15, 0.2) is 0 Å². The Bertz CT molecular complexity index is 1260. The molecule has 3 rings (SSSR count). The van der Waals surface area contributed by atoms with Crippen LogP contribution in [0.5, 0.6) is 11.5 Å². The van der Waals surface area contributed by atoms with Gasteiger partial charge in [-0.2, -0.15) is 0 Å². The van der Waals surface area contributed by atoms with Gasteiger partial charge in [0.25, 0.3) is 0 Å². The van der Waals surface area contributed by atoms with Crippen LogP contribution in [-0.2, 0) is 25.5 Å². The summed E-state index contributed by atoms with van der Waals surface area (Å²) in [4.78, 5) is 35.1. The van der Waals surface area contributed by atoms with Crippen molar-refractivity contribution in [2.24, 2.45) is 0 Å². The van der Waals surface area contributed by atoms with E-state index in [1.807, 2.05) is 36.4 Å². The zero-order chi connectivity index (χ0) is 25.9. The molecule has 0 radical (unpaired) electrons. The summed E-state index contributed by atoms with van der Waals surface area (Å²) in [6.45, 7) is 9.41. The van der Waals surface area contributed by atoms with Crippen LogP contribution in [0, 0.1) is 0 Å². The topological polar surface area (TPSA) is 88.1 Å². The average molecular weight is 489 g/mol. The molecule has 0 aliphatic rings. The Morgan fingerprint density at radius 1 is 0.833 bits per heavy atom. The standard InChI is InChI=1S/C29H28O7/c1-4-27(30)34-17-14-21-6-11-25(12-7-21)36-29(32)24-9-8-23-19-26(13-10-22(23)18-24)33-15-5-16-35-28(31)20(2)3/h4,6-13,18-19H,1-2,5,14-17H2,3H3. The van der Waals surface area contributed by atoms with Gasteiger partial charge >= 0.3 is 17.9 Å². The summed E-state index contributed by atoms with van der Waals surface area (Å²) in [5.41, 5.74) is 1.74. The summed E-state index contributed by atoms with van der Waals surface area (Å²) in [6, 6.07) is 17.9. The first-order chi connectivity index (χ1) is 17.4. The van der Waals surface area contributed by atoms with Crippen LogP contribution in [0.3, 0.4) is 0 Å². The molecule has 7 nitrogen and oxygen atoms in total. The molecule has 0 unspecified atom stereocenters. The molecule has 0 fully saturated rings. The van der Waals surface area contributed by atoms with Crippen molar-refractivity contribution in [2.75, 3.05) is 19.8 Å². The van der Waals surface area contributed by atoms with Crippen molar-refractivity contribution in [3.63, 3.8) is 0 Å². The fourth-order valence-electron chi connectivity index (χ4n) is 3.20. The number of hydrogen-bond donors (Lipinski definition) is 0. The van der Waals surface area contributed by atoms with E-state index < -0.39 is 17.9 Å². The number of esters is 3. The lowest BCUT2D eigenvalue weighted by atomic mass is 10.1. The van der Waals surface area contributed by atoms with Crippen LogP contribution in [0.25, 0.3) is 10.8 Å². The molecule has 36 heavy (non-hydrogen) atoms. The van der Waals surface area contributed by atoms with E-state index in [1.54, 1.807) is 31.2 Å². The Morgan fingerprint density at radius 2 is 1.53 bits per heavy atom. The lowest BCUT2D eigenvalue weighted by molar-refractivity contribution is -0.139. The van der Waals surface area contributed by atoms with E-state index >= 15 is 0 Å². The summed E-state index contributed by atoms with van der Waals surface area (Å²) in [6.07, 6.45) is 2.23. The van der Waals surface area contributed by atoms with Gasteiger partial charge in [0.05, 0.1) is 25.4 Å². The van der Waals surface area contributed by atoms with Gasteiger partial charge in [0.2, 0.25) is 0 Å². The normalized spacial score (nSPS) is 10.4. The molecule has 0 saturated heterocycles. The molecule has 0 saturated carbocycles. The molecule has 7 heteroatoms. The first kappa shape index (κ1) is 26.2. The molecule has 0 amide bonds. The van der Waals surface area contributed by atoms with Crippen LogP contribution < -0.4 is 9.47 Å². The van der Waals surface area contributed by atoms with Gasteiger partial charge in [-0.25, -0.2) is 14.4 Å². The molecule has 0 bridgehead atoms. The molecule has 0 heterocycles. The predicted molar refractivity (Wildman–Crippen MR) is 136 cm³/mol. The van der Waals surface area contributed by atoms with Gasteiger partial charge in [-0.05, 0) is 59.7 Å². The van der Waals surface area contributed by atoms with Gasteiger partial charge in [0.1, 0.15) is 11.5 Å². The number of carbonyl (C=O) groups is 3. The van der Waals surface area contributed by atoms with Crippen molar-refractivity contribution >= 4 is 28.7 Å². The van der Waals surface area contributed by atoms with E-state index in [0.29, 0.717) is 42.1 Å². The third-order valence-corrected chi connectivity index (χ3v) is 5.12. The van der Waals surface area contributed by atoms with Crippen molar-refractivity contribution in [3.8, 4) is 11.5 Å². The third-order valence-electron chi connectivity index (χ3n) is 5.12. The van der Waals surface area contributed by atoms with Crippen molar-refractivity contribution in [1.82, 2.24) is 0 Å². The smallest absolute Gasteiger partial charge is 0.343 e. The highest BCUT2D eigenvalue weighted by Crippen LogP contribution is 2.23. The Morgan fingerprint density at radius 3 is 2.25 bits per heavy atom. The van der Waals surface area contributed by atoms with E-state index in [1.165, 1.54) is 0 Å². The van der Waals surface area contributed by atoms with Crippen LogP contribution in [0.1, 0.15) is 29.3 Å². The maximum Gasteiger partial charge on any atom is 0.343 e. The number of benzene rings is 3. The molecule has 0 aliphatic heterocycles. The second-order valence-electron chi connectivity index (χ2n) is 8.00. The minimum atomic E-state index is -0.464. The molecule has 0 spiro atoms. The number of carbonyl (C=O) groups excluding carboxylic acids is 3. The first-order valence-corrected chi connectivity index (χ1v) is 11.5. The highest BCUT2D eigenvalue weighted by molar-refractivity contribution is 5.96. The largest absolute Gasteiger partial charge is 0.493 e. The Labute approximate surface area is 209 Å². The average Bonchev–Trinajstić information content (AvgIpc) is 2.88. The molecule has 0 aromatic heterocycles. The van der Waals surface area contributed by atoms with Crippen LogP contribution in [0.4, 0.5) is 0 Å². The SMILES string of the molecule is C=CC(=O)OCCc1ccc(OC(=O)c2ccc3cc(OCCCOC(=O)C(=C)C)ccc3c2)cc1. The highest BCUT2D eigenvalue weighted by atomic mass is 16.5. The van der Waals surface area contributed by atoms with Crippen molar-refractivity contribution in [1.29, 1.82) is 0 Å². The molecule has 186 valence electrons. The number of rotatable bonds is 12. The quantitative estimate of drug-likeness (QED) is 0.149. The summed E-state index contributed by atoms with van der Waals surface area (Å²) in [5, 5.41) is 1.79. The summed E-state index contributed by atoms with van der Waals surface area (Å²) >= 11 is 0. The number of fused-ring (bicyclic) bond motifs is 1. The Kier molecular flexibility index (Phi) is 9.40.